The summed E-state index contributed by atoms with van der Waals surface area (Å²) in [6.07, 6.45) is 10.3. The highest BCUT2D eigenvalue weighted by molar-refractivity contribution is 5.96. The second-order valence-electron chi connectivity index (χ2n) is 12.4. The highest BCUT2D eigenvalue weighted by Gasteiger charge is 2.39. The Morgan fingerprint density at radius 3 is 2.61 bits per heavy atom. The van der Waals surface area contributed by atoms with Crippen LogP contribution in [0, 0.1) is 12.3 Å². The minimum absolute atomic E-state index is 0.00391. The summed E-state index contributed by atoms with van der Waals surface area (Å²) in [6.45, 7) is 5.66. The van der Waals surface area contributed by atoms with Crippen molar-refractivity contribution in [3.05, 3.63) is 89.9 Å². The van der Waals surface area contributed by atoms with Gasteiger partial charge in [0.2, 0.25) is 5.88 Å². The van der Waals surface area contributed by atoms with Crippen molar-refractivity contribution in [1.29, 1.82) is 5.41 Å². The minimum Gasteiger partial charge on any atom is -0.480 e. The van der Waals surface area contributed by atoms with Gasteiger partial charge in [-0.1, -0.05) is 42.5 Å². The number of para-hydroxylation sites is 2. The highest BCUT2D eigenvalue weighted by atomic mass is 16.5. The van der Waals surface area contributed by atoms with Gasteiger partial charge in [-0.15, -0.1) is 0 Å². The molecule has 230 valence electrons. The lowest BCUT2D eigenvalue weighted by molar-refractivity contribution is 0.0641. The predicted molar refractivity (Wildman–Crippen MR) is 175 cm³/mol. The van der Waals surface area contributed by atoms with E-state index in [1.807, 2.05) is 11.0 Å². The molecule has 8 nitrogen and oxygen atoms in total. The molecule has 0 saturated carbocycles. The van der Waals surface area contributed by atoms with Gasteiger partial charge in [0, 0.05) is 37.8 Å². The van der Waals surface area contributed by atoms with Crippen LogP contribution in [0.3, 0.4) is 0 Å². The molecular formula is C36H44N6O2. The summed E-state index contributed by atoms with van der Waals surface area (Å²) in [4.78, 5) is 27.2. The number of piperidine rings is 1. The maximum atomic E-state index is 13.5. The number of amides is 1. The van der Waals surface area contributed by atoms with Crippen molar-refractivity contribution in [3.8, 4) is 5.88 Å². The molecule has 44 heavy (non-hydrogen) atoms. The zero-order valence-corrected chi connectivity index (χ0v) is 26.0. The molecule has 0 radical (unpaired) electrons. The Bertz CT molecular complexity index is 1580. The van der Waals surface area contributed by atoms with E-state index in [-0.39, 0.29) is 17.4 Å². The van der Waals surface area contributed by atoms with Crippen LogP contribution >= 0.6 is 0 Å². The van der Waals surface area contributed by atoms with E-state index < -0.39 is 0 Å². The number of benzene rings is 2. The van der Waals surface area contributed by atoms with Gasteiger partial charge in [0.25, 0.3) is 5.91 Å². The predicted octanol–water partition coefficient (Wildman–Crippen LogP) is 6.45. The topological polar surface area (TPSA) is 87.3 Å². The van der Waals surface area contributed by atoms with Crippen LogP contribution in [-0.4, -0.2) is 75.8 Å². The molecule has 0 unspecified atom stereocenters. The van der Waals surface area contributed by atoms with Gasteiger partial charge in [-0.2, -0.15) is 0 Å². The van der Waals surface area contributed by atoms with Gasteiger partial charge in [-0.3, -0.25) is 4.79 Å². The van der Waals surface area contributed by atoms with Gasteiger partial charge in [0.05, 0.1) is 18.1 Å². The molecule has 1 amide bonds. The van der Waals surface area contributed by atoms with Crippen molar-refractivity contribution in [3.63, 3.8) is 0 Å². The number of carbonyl (C=O) groups is 1. The molecule has 0 aliphatic carbocycles. The average molecular weight is 593 g/mol. The number of rotatable bonds is 11. The lowest BCUT2D eigenvalue weighted by Crippen LogP contribution is -2.47. The first-order valence-electron chi connectivity index (χ1n) is 16.0. The maximum absolute atomic E-state index is 13.5. The first-order valence-corrected chi connectivity index (χ1v) is 16.0. The Balaban J connectivity index is 1.17. The third kappa shape index (κ3) is 6.00. The maximum Gasteiger partial charge on any atom is 0.259 e. The Labute approximate surface area is 260 Å². The zero-order valence-electron chi connectivity index (χ0n) is 26.0. The smallest absolute Gasteiger partial charge is 0.259 e. The second kappa shape index (κ2) is 13.3. The molecule has 0 bridgehead atoms. The van der Waals surface area contributed by atoms with Gasteiger partial charge in [0.1, 0.15) is 11.4 Å². The molecule has 4 aromatic rings. The zero-order chi connectivity index (χ0) is 30.5. The van der Waals surface area contributed by atoms with Crippen LogP contribution < -0.4 is 4.74 Å². The lowest BCUT2D eigenvalue weighted by atomic mass is 9.70. The Hall–Kier alpha value is -4.04. The lowest BCUT2D eigenvalue weighted by Gasteiger charge is -2.43. The first-order chi connectivity index (χ1) is 21.5. The Morgan fingerprint density at radius 2 is 1.84 bits per heavy atom. The summed E-state index contributed by atoms with van der Waals surface area (Å²) in [5, 5.41) is 7.99. The molecular weight excluding hydrogens is 548 g/mol. The molecule has 2 aliphatic heterocycles. The monoisotopic (exact) mass is 592 g/mol. The third-order valence-corrected chi connectivity index (χ3v) is 10.0. The van der Waals surface area contributed by atoms with Crippen LogP contribution in [-0.2, 0) is 5.41 Å². The summed E-state index contributed by atoms with van der Waals surface area (Å²) in [5.74, 6) is 1.41. The number of hydrogen-bond donors (Lipinski definition) is 1. The number of likely N-dealkylation sites (tertiary alicyclic amines) is 2. The molecule has 1 N–H and O–H groups in total. The standard InChI is InChI=1S/C36H44N6O2/c1-27-39-32-14-6-7-15-33(32)42(27)30(16-20-37)26-29-12-9-22-40(29)23-17-36(28-10-4-3-5-11-28)18-24-41(25-19-36)35(43)31-13-8-21-38-34(31)44-2/h3-8,10-11,13-15,20-21,29-30,37H,9,12,16-19,22-26H2,1-2H3/t29-,30-/m1/s1. The number of aryl methyl sites for hydroxylation is 1. The van der Waals surface area contributed by atoms with Crippen LogP contribution in [0.5, 0.6) is 5.88 Å². The molecule has 2 aromatic carbocycles. The molecule has 2 aromatic heterocycles. The molecule has 2 aliphatic rings. The van der Waals surface area contributed by atoms with Crippen molar-refractivity contribution >= 4 is 23.2 Å². The fourth-order valence-electron chi connectivity index (χ4n) is 7.70. The number of methoxy groups -OCH3 is 1. The largest absolute Gasteiger partial charge is 0.480 e. The quantitative estimate of drug-likeness (QED) is 0.202. The number of hydrogen-bond acceptors (Lipinski definition) is 6. The van der Waals surface area contributed by atoms with E-state index in [4.69, 9.17) is 15.1 Å². The number of nitrogens with zero attached hydrogens (tertiary/aromatic N) is 5. The van der Waals surface area contributed by atoms with E-state index >= 15 is 0 Å². The van der Waals surface area contributed by atoms with Crippen molar-refractivity contribution in [2.45, 2.75) is 69.4 Å². The van der Waals surface area contributed by atoms with Crippen molar-refractivity contribution in [2.75, 3.05) is 33.3 Å². The second-order valence-corrected chi connectivity index (χ2v) is 12.4. The molecule has 2 fully saturated rings. The van der Waals surface area contributed by atoms with E-state index in [9.17, 15) is 4.79 Å². The van der Waals surface area contributed by atoms with Crippen LogP contribution in [0.25, 0.3) is 11.0 Å². The van der Waals surface area contributed by atoms with Crippen LogP contribution in [0.2, 0.25) is 0 Å². The normalized spacial score (nSPS) is 19.2. The number of aromatic nitrogens is 3. The number of nitrogens with one attached hydrogen (secondary N) is 1. The summed E-state index contributed by atoms with van der Waals surface area (Å²) in [6, 6.07) is 23.6. The molecule has 2 atom stereocenters. The number of fused-ring (bicyclic) bond motifs is 1. The Morgan fingerprint density at radius 1 is 1.07 bits per heavy atom. The molecule has 6 rings (SSSR count). The number of imidazole rings is 1. The van der Waals surface area contributed by atoms with Crippen LogP contribution in [0.4, 0.5) is 0 Å². The molecule has 4 heterocycles. The molecule has 2 saturated heterocycles. The fourth-order valence-corrected chi connectivity index (χ4v) is 7.70. The first kappa shape index (κ1) is 30.0. The summed E-state index contributed by atoms with van der Waals surface area (Å²) < 4.78 is 7.75. The average Bonchev–Trinajstić information content (AvgIpc) is 3.66. The van der Waals surface area contributed by atoms with E-state index in [0.717, 1.165) is 55.6 Å². The van der Waals surface area contributed by atoms with Crippen molar-refractivity contribution in [2.24, 2.45) is 0 Å². The SMILES string of the molecule is COc1ncccc1C(=O)N1CCC(CCN2CCC[C@@H]2C[C@@H](CC=N)n2c(C)nc3ccccc32)(c2ccccc2)CC1. The van der Waals surface area contributed by atoms with E-state index in [1.54, 1.807) is 31.7 Å². The van der Waals surface area contributed by atoms with E-state index in [2.05, 4.69) is 69.9 Å². The molecule has 8 heteroatoms. The van der Waals surface area contributed by atoms with Gasteiger partial charge in [-0.25, -0.2) is 9.97 Å². The number of carbonyl (C=O) groups excluding carboxylic acids is 1. The van der Waals surface area contributed by atoms with E-state index in [0.29, 0.717) is 37.0 Å². The van der Waals surface area contributed by atoms with Crippen molar-refractivity contribution in [1.82, 2.24) is 24.3 Å². The third-order valence-electron chi connectivity index (χ3n) is 10.0. The van der Waals surface area contributed by atoms with Gasteiger partial charge in [-0.05, 0) is 100.0 Å². The number of ether oxygens (including phenoxy) is 1. The van der Waals surface area contributed by atoms with Gasteiger partial charge < -0.3 is 24.5 Å². The summed E-state index contributed by atoms with van der Waals surface area (Å²) in [7, 11) is 1.56. The minimum atomic E-state index is -0.00391. The number of pyridine rings is 1. The van der Waals surface area contributed by atoms with E-state index in [1.165, 1.54) is 18.4 Å². The van der Waals surface area contributed by atoms with Crippen LogP contribution in [0.15, 0.2) is 72.9 Å². The van der Waals surface area contributed by atoms with Gasteiger partial charge in [0.15, 0.2) is 0 Å². The summed E-state index contributed by atoms with van der Waals surface area (Å²) in [5.41, 5.74) is 4.12. The molecule has 0 spiro atoms. The highest BCUT2D eigenvalue weighted by Crippen LogP contribution is 2.40. The summed E-state index contributed by atoms with van der Waals surface area (Å²) >= 11 is 0. The van der Waals surface area contributed by atoms with Gasteiger partial charge >= 0.3 is 0 Å². The van der Waals surface area contributed by atoms with Crippen LogP contribution in [0.1, 0.15) is 72.7 Å². The Kier molecular flexibility index (Phi) is 9.07. The fraction of sp³-hybridized carbons (Fsp3) is 0.444. The van der Waals surface area contributed by atoms with Crippen molar-refractivity contribution < 1.29 is 9.53 Å².